The Balaban J connectivity index is 1.69. The normalized spacial score (nSPS) is 22.3. The van der Waals surface area contributed by atoms with Crippen LogP contribution in [-0.2, 0) is 0 Å². The maximum atomic E-state index is 12.6. The van der Waals surface area contributed by atoms with E-state index in [4.69, 9.17) is 0 Å². The summed E-state index contributed by atoms with van der Waals surface area (Å²) < 4.78 is 0. The Morgan fingerprint density at radius 3 is 2.74 bits per heavy atom. The maximum absolute atomic E-state index is 12.6. The lowest BCUT2D eigenvalue weighted by Gasteiger charge is -2.32. The van der Waals surface area contributed by atoms with Crippen molar-refractivity contribution in [3.63, 3.8) is 0 Å². The number of amides is 1. The monoisotopic (exact) mass is 318 g/mol. The number of nitro groups is 1. The summed E-state index contributed by atoms with van der Waals surface area (Å²) in [6.07, 6.45) is 0.972. The second-order valence-corrected chi connectivity index (χ2v) is 6.24. The van der Waals surface area contributed by atoms with Crippen molar-refractivity contribution < 1.29 is 9.72 Å². The number of piperazine rings is 1. The van der Waals surface area contributed by atoms with Crippen molar-refractivity contribution in [2.45, 2.75) is 19.4 Å². The number of carbonyl (C=O) groups is 1. The summed E-state index contributed by atoms with van der Waals surface area (Å²) in [4.78, 5) is 27.5. The molecule has 3 rings (SSSR count). The molecule has 1 unspecified atom stereocenters. The lowest BCUT2D eigenvalue weighted by Crippen LogP contribution is -2.49. The molecule has 0 aliphatic carbocycles. The van der Waals surface area contributed by atoms with Crippen LogP contribution in [0.3, 0.4) is 0 Å². The van der Waals surface area contributed by atoms with Gasteiger partial charge in [-0.15, -0.1) is 0 Å². The number of nitrogens with one attached hydrogen (secondary N) is 1. The van der Waals surface area contributed by atoms with Gasteiger partial charge in [0.15, 0.2) is 0 Å². The summed E-state index contributed by atoms with van der Waals surface area (Å²) in [5.41, 5.74) is 0.989. The second kappa shape index (κ2) is 6.64. The minimum atomic E-state index is -0.431. The summed E-state index contributed by atoms with van der Waals surface area (Å²) in [6, 6.07) is 5.13. The summed E-state index contributed by atoms with van der Waals surface area (Å²) >= 11 is 0. The number of nitrogens with zero attached hydrogens (tertiary/aromatic N) is 3. The number of nitro benzene ring substituents is 1. The fraction of sp³-hybridized carbons (Fsp3) is 0.562. The molecule has 0 bridgehead atoms. The molecule has 0 saturated carbocycles. The highest BCUT2D eigenvalue weighted by Crippen LogP contribution is 2.23. The minimum Gasteiger partial charge on any atom is -0.337 e. The van der Waals surface area contributed by atoms with E-state index in [0.717, 1.165) is 39.1 Å². The molecule has 1 aromatic carbocycles. The zero-order valence-electron chi connectivity index (χ0n) is 13.3. The first-order valence-corrected chi connectivity index (χ1v) is 8.05. The number of hydrogen-bond acceptors (Lipinski definition) is 5. The third-order valence-corrected chi connectivity index (χ3v) is 4.77. The molecule has 7 nitrogen and oxygen atoms in total. The molecule has 2 aliphatic rings. The van der Waals surface area contributed by atoms with Gasteiger partial charge in [-0.3, -0.25) is 19.8 Å². The topological polar surface area (TPSA) is 78.7 Å². The van der Waals surface area contributed by atoms with E-state index in [9.17, 15) is 14.9 Å². The molecular weight excluding hydrogens is 296 g/mol. The largest absolute Gasteiger partial charge is 0.337 e. The minimum absolute atomic E-state index is 0.00806. The number of aryl methyl sites for hydroxylation is 1. The molecule has 2 aliphatic heterocycles. The van der Waals surface area contributed by atoms with E-state index >= 15 is 0 Å². The van der Waals surface area contributed by atoms with Crippen LogP contribution in [0.15, 0.2) is 18.2 Å². The van der Waals surface area contributed by atoms with Crippen LogP contribution in [0.1, 0.15) is 22.3 Å². The molecule has 124 valence electrons. The Kier molecular flexibility index (Phi) is 4.58. The Bertz CT molecular complexity index is 613. The lowest BCUT2D eigenvalue weighted by molar-refractivity contribution is -0.385. The Labute approximate surface area is 135 Å². The van der Waals surface area contributed by atoms with Gasteiger partial charge < -0.3 is 10.2 Å². The van der Waals surface area contributed by atoms with E-state index in [-0.39, 0.29) is 11.6 Å². The van der Waals surface area contributed by atoms with Gasteiger partial charge >= 0.3 is 0 Å². The maximum Gasteiger partial charge on any atom is 0.273 e. The molecular formula is C16H22N4O3. The average Bonchev–Trinajstić information content (AvgIpc) is 3.05. The van der Waals surface area contributed by atoms with E-state index in [1.54, 1.807) is 19.1 Å². The van der Waals surface area contributed by atoms with Gasteiger partial charge in [0.1, 0.15) is 0 Å². The number of likely N-dealkylation sites (tertiary alicyclic amines) is 1. The highest BCUT2D eigenvalue weighted by atomic mass is 16.6. The highest BCUT2D eigenvalue weighted by molar-refractivity contribution is 5.95. The number of rotatable bonds is 3. The number of carbonyl (C=O) groups excluding carboxylic acids is 1. The van der Waals surface area contributed by atoms with Crippen LogP contribution >= 0.6 is 0 Å². The molecule has 1 aromatic rings. The SMILES string of the molecule is Cc1ccc(C(=O)N2CCC(N3CCNCC3)C2)cc1[N+](=O)[O-]. The van der Waals surface area contributed by atoms with Gasteiger partial charge in [-0.2, -0.15) is 0 Å². The molecule has 23 heavy (non-hydrogen) atoms. The zero-order chi connectivity index (χ0) is 16.4. The highest BCUT2D eigenvalue weighted by Gasteiger charge is 2.31. The van der Waals surface area contributed by atoms with Crippen LogP contribution in [0.4, 0.5) is 5.69 Å². The first-order chi connectivity index (χ1) is 11.1. The van der Waals surface area contributed by atoms with Crippen molar-refractivity contribution in [1.82, 2.24) is 15.1 Å². The van der Waals surface area contributed by atoms with Crippen molar-refractivity contribution in [3.8, 4) is 0 Å². The summed E-state index contributed by atoms with van der Waals surface area (Å²) in [7, 11) is 0. The summed E-state index contributed by atoms with van der Waals surface area (Å²) in [6.45, 7) is 7.13. The molecule has 1 amide bonds. The molecule has 1 N–H and O–H groups in total. The fourth-order valence-electron chi connectivity index (χ4n) is 3.39. The summed E-state index contributed by atoms with van der Waals surface area (Å²) in [5.74, 6) is -0.106. The molecule has 1 atom stereocenters. The van der Waals surface area contributed by atoms with Crippen molar-refractivity contribution in [1.29, 1.82) is 0 Å². The summed E-state index contributed by atoms with van der Waals surface area (Å²) in [5, 5.41) is 14.4. The van der Waals surface area contributed by atoms with E-state index in [1.807, 2.05) is 4.90 Å². The van der Waals surface area contributed by atoms with Gasteiger partial charge in [0.25, 0.3) is 11.6 Å². The second-order valence-electron chi connectivity index (χ2n) is 6.24. The fourth-order valence-corrected chi connectivity index (χ4v) is 3.39. The van der Waals surface area contributed by atoms with Gasteiger partial charge in [-0.05, 0) is 19.4 Å². The molecule has 0 spiro atoms. The molecule has 2 heterocycles. The number of hydrogen-bond donors (Lipinski definition) is 1. The molecule has 2 saturated heterocycles. The standard InChI is InChI=1S/C16H22N4O3/c1-12-2-3-13(10-15(12)20(22)23)16(21)19-7-4-14(11-19)18-8-5-17-6-9-18/h2-3,10,14,17H,4-9,11H2,1H3. The van der Waals surface area contributed by atoms with Gasteiger partial charge in [-0.1, -0.05) is 6.07 Å². The van der Waals surface area contributed by atoms with Gasteiger partial charge in [0, 0.05) is 62.5 Å². The van der Waals surface area contributed by atoms with E-state index in [1.165, 1.54) is 6.07 Å². The predicted molar refractivity (Wildman–Crippen MR) is 86.6 cm³/mol. The smallest absolute Gasteiger partial charge is 0.273 e. The van der Waals surface area contributed by atoms with Crippen LogP contribution in [0.5, 0.6) is 0 Å². The Morgan fingerprint density at radius 1 is 1.30 bits per heavy atom. The Morgan fingerprint density at radius 2 is 2.04 bits per heavy atom. The van der Waals surface area contributed by atoms with E-state index < -0.39 is 4.92 Å². The quantitative estimate of drug-likeness (QED) is 0.665. The van der Waals surface area contributed by atoms with Gasteiger partial charge in [0.2, 0.25) is 0 Å². The molecule has 2 fully saturated rings. The number of benzene rings is 1. The predicted octanol–water partition coefficient (Wildman–Crippen LogP) is 1.02. The molecule has 0 aromatic heterocycles. The van der Waals surface area contributed by atoms with Crippen molar-refractivity contribution in [2.75, 3.05) is 39.3 Å². The average molecular weight is 318 g/mol. The van der Waals surface area contributed by atoms with Crippen LogP contribution in [0.2, 0.25) is 0 Å². The van der Waals surface area contributed by atoms with Crippen LogP contribution in [-0.4, -0.2) is 65.9 Å². The van der Waals surface area contributed by atoms with Crippen LogP contribution < -0.4 is 5.32 Å². The molecule has 0 radical (unpaired) electrons. The van der Waals surface area contributed by atoms with E-state index in [0.29, 0.717) is 23.7 Å². The van der Waals surface area contributed by atoms with E-state index in [2.05, 4.69) is 10.2 Å². The molecule has 7 heteroatoms. The van der Waals surface area contributed by atoms with Gasteiger partial charge in [-0.25, -0.2) is 0 Å². The van der Waals surface area contributed by atoms with Crippen molar-refractivity contribution in [3.05, 3.63) is 39.4 Å². The van der Waals surface area contributed by atoms with Crippen LogP contribution in [0.25, 0.3) is 0 Å². The van der Waals surface area contributed by atoms with Crippen molar-refractivity contribution >= 4 is 11.6 Å². The lowest BCUT2D eigenvalue weighted by atomic mass is 10.1. The Hall–Kier alpha value is -1.99. The van der Waals surface area contributed by atoms with Crippen LogP contribution in [0, 0.1) is 17.0 Å². The third-order valence-electron chi connectivity index (χ3n) is 4.77. The first-order valence-electron chi connectivity index (χ1n) is 8.05. The van der Waals surface area contributed by atoms with Gasteiger partial charge in [0.05, 0.1) is 4.92 Å². The zero-order valence-corrected chi connectivity index (χ0v) is 13.3. The van der Waals surface area contributed by atoms with Crippen molar-refractivity contribution in [2.24, 2.45) is 0 Å². The first kappa shape index (κ1) is 15.9. The third kappa shape index (κ3) is 3.35.